The Labute approximate surface area is 169 Å². The number of nitrogens with one attached hydrogen (secondary N) is 2. The number of thioether (sulfide) groups is 1. The van der Waals surface area contributed by atoms with Gasteiger partial charge in [0.1, 0.15) is 0 Å². The van der Waals surface area contributed by atoms with Crippen molar-refractivity contribution in [2.45, 2.75) is 37.1 Å². The van der Waals surface area contributed by atoms with E-state index in [1.165, 1.54) is 18.2 Å². The summed E-state index contributed by atoms with van der Waals surface area (Å²) in [6.45, 7) is 5.46. The molecule has 7 nitrogen and oxygen atoms in total. The van der Waals surface area contributed by atoms with E-state index in [0.717, 1.165) is 36.6 Å². The number of likely N-dealkylation sites (N-methyl/N-ethyl adjacent to an activating group) is 1. The van der Waals surface area contributed by atoms with Crippen molar-refractivity contribution in [3.05, 3.63) is 18.2 Å². The monoisotopic (exact) mass is 402 g/mol. The summed E-state index contributed by atoms with van der Waals surface area (Å²) >= 11 is 1.49. The zero-order valence-corrected chi connectivity index (χ0v) is 16.9. The van der Waals surface area contributed by atoms with Gasteiger partial charge in [-0.2, -0.15) is 0 Å². The molecule has 3 heterocycles. The lowest BCUT2D eigenvalue weighted by Crippen LogP contribution is -2.41. The molecule has 8 heteroatoms. The number of fused-ring (bicyclic) bond motifs is 1. The highest BCUT2D eigenvalue weighted by atomic mass is 32.2. The number of anilines is 2. The van der Waals surface area contributed by atoms with Gasteiger partial charge in [0.25, 0.3) is 0 Å². The number of benzene rings is 1. The van der Waals surface area contributed by atoms with E-state index in [-0.39, 0.29) is 30.1 Å². The van der Waals surface area contributed by atoms with E-state index in [2.05, 4.69) is 22.5 Å². The minimum Gasteiger partial charge on any atom is -0.340 e. The van der Waals surface area contributed by atoms with Gasteiger partial charge in [0, 0.05) is 36.1 Å². The topological polar surface area (TPSA) is 81.8 Å². The van der Waals surface area contributed by atoms with E-state index < -0.39 is 0 Å². The molecular weight excluding hydrogens is 376 g/mol. The number of nitrogens with zero attached hydrogens (tertiary/aromatic N) is 2. The van der Waals surface area contributed by atoms with E-state index in [1.54, 1.807) is 6.07 Å². The van der Waals surface area contributed by atoms with Crippen LogP contribution in [0.4, 0.5) is 11.4 Å². The average molecular weight is 403 g/mol. The highest BCUT2D eigenvalue weighted by Crippen LogP contribution is 2.33. The largest absolute Gasteiger partial charge is 0.340 e. The molecule has 0 spiro atoms. The Morgan fingerprint density at radius 2 is 2.21 bits per heavy atom. The van der Waals surface area contributed by atoms with Gasteiger partial charge in [-0.15, -0.1) is 11.8 Å². The van der Waals surface area contributed by atoms with Crippen molar-refractivity contribution in [1.29, 1.82) is 0 Å². The van der Waals surface area contributed by atoms with Gasteiger partial charge < -0.3 is 15.5 Å². The van der Waals surface area contributed by atoms with E-state index in [4.69, 9.17) is 0 Å². The van der Waals surface area contributed by atoms with Crippen molar-refractivity contribution in [3.63, 3.8) is 0 Å². The van der Waals surface area contributed by atoms with Crippen LogP contribution in [0.1, 0.15) is 26.2 Å². The summed E-state index contributed by atoms with van der Waals surface area (Å²) in [5, 5.41) is 5.74. The van der Waals surface area contributed by atoms with Crippen molar-refractivity contribution in [2.75, 3.05) is 42.6 Å². The van der Waals surface area contributed by atoms with Crippen LogP contribution in [0.15, 0.2) is 23.1 Å². The van der Waals surface area contributed by atoms with Gasteiger partial charge >= 0.3 is 0 Å². The molecule has 150 valence electrons. The zero-order valence-electron chi connectivity index (χ0n) is 16.1. The maximum atomic E-state index is 12.7. The third-order valence-corrected chi connectivity index (χ3v) is 6.88. The SMILES string of the molecule is CCN1CCCC1CN1CC(C(=O)Nc2ccc3c(c2)NC(=O)CS3)CC1=O. The fraction of sp³-hybridized carbons (Fsp3) is 0.550. The first-order chi connectivity index (χ1) is 13.5. The van der Waals surface area contributed by atoms with Gasteiger partial charge in [0.05, 0.1) is 17.4 Å². The van der Waals surface area contributed by atoms with E-state index in [1.807, 2.05) is 17.0 Å². The molecule has 4 rings (SSSR count). The van der Waals surface area contributed by atoms with Crippen LogP contribution < -0.4 is 10.6 Å². The fourth-order valence-electron chi connectivity index (χ4n) is 4.30. The minimum absolute atomic E-state index is 0.0361. The molecule has 0 radical (unpaired) electrons. The first kappa shape index (κ1) is 19.3. The lowest BCUT2D eigenvalue weighted by molar-refractivity contribution is -0.128. The number of hydrogen-bond donors (Lipinski definition) is 2. The highest BCUT2D eigenvalue weighted by molar-refractivity contribution is 8.00. The maximum Gasteiger partial charge on any atom is 0.234 e. The Bertz CT molecular complexity index is 800. The molecule has 1 aromatic rings. The van der Waals surface area contributed by atoms with Gasteiger partial charge in [-0.3, -0.25) is 19.3 Å². The first-order valence-electron chi connectivity index (χ1n) is 9.93. The summed E-state index contributed by atoms with van der Waals surface area (Å²) in [6, 6.07) is 5.94. The molecule has 3 aliphatic heterocycles. The number of rotatable bonds is 5. The molecule has 3 amide bonds. The van der Waals surface area contributed by atoms with Crippen molar-refractivity contribution in [1.82, 2.24) is 9.80 Å². The van der Waals surface area contributed by atoms with Gasteiger partial charge in [0.2, 0.25) is 17.7 Å². The number of carbonyl (C=O) groups excluding carboxylic acids is 3. The Morgan fingerprint density at radius 1 is 1.36 bits per heavy atom. The van der Waals surface area contributed by atoms with Crippen LogP contribution in [-0.4, -0.2) is 65.5 Å². The molecule has 2 atom stereocenters. The van der Waals surface area contributed by atoms with Gasteiger partial charge in [0.15, 0.2) is 0 Å². The predicted octanol–water partition coefficient (Wildman–Crippen LogP) is 2.00. The Kier molecular flexibility index (Phi) is 5.59. The predicted molar refractivity (Wildman–Crippen MR) is 109 cm³/mol. The second kappa shape index (κ2) is 8.13. The lowest BCUT2D eigenvalue weighted by Gasteiger charge is -2.27. The fourth-order valence-corrected chi connectivity index (χ4v) is 5.09. The normalized spacial score (nSPS) is 25.0. The third-order valence-electron chi connectivity index (χ3n) is 5.80. The summed E-state index contributed by atoms with van der Waals surface area (Å²) in [6.07, 6.45) is 2.56. The molecular formula is C20H26N4O3S. The van der Waals surface area contributed by atoms with Crippen LogP contribution >= 0.6 is 11.8 Å². The molecule has 0 aromatic heterocycles. The summed E-state index contributed by atoms with van der Waals surface area (Å²) in [7, 11) is 0. The molecule has 0 aliphatic carbocycles. The molecule has 1 aromatic carbocycles. The number of hydrogen-bond acceptors (Lipinski definition) is 5. The quantitative estimate of drug-likeness (QED) is 0.787. The van der Waals surface area contributed by atoms with Crippen LogP contribution in [-0.2, 0) is 14.4 Å². The number of amides is 3. The second-order valence-electron chi connectivity index (χ2n) is 7.66. The van der Waals surface area contributed by atoms with Crippen molar-refractivity contribution in [3.8, 4) is 0 Å². The number of carbonyl (C=O) groups is 3. The molecule has 3 aliphatic rings. The van der Waals surface area contributed by atoms with Crippen LogP contribution in [0.2, 0.25) is 0 Å². The smallest absolute Gasteiger partial charge is 0.234 e. The average Bonchev–Trinajstić information content (AvgIpc) is 3.28. The number of likely N-dealkylation sites (tertiary alicyclic amines) is 2. The van der Waals surface area contributed by atoms with Gasteiger partial charge in [-0.1, -0.05) is 6.92 Å². The molecule has 2 unspecified atom stereocenters. The Balaban J connectivity index is 1.36. The first-order valence-corrected chi connectivity index (χ1v) is 10.9. The molecule has 2 N–H and O–H groups in total. The zero-order chi connectivity index (χ0) is 19.7. The summed E-state index contributed by atoms with van der Waals surface area (Å²) < 4.78 is 0. The van der Waals surface area contributed by atoms with Crippen LogP contribution in [0, 0.1) is 5.92 Å². The van der Waals surface area contributed by atoms with Gasteiger partial charge in [-0.25, -0.2) is 0 Å². The van der Waals surface area contributed by atoms with Crippen molar-refractivity contribution < 1.29 is 14.4 Å². The summed E-state index contributed by atoms with van der Waals surface area (Å²) in [5.41, 5.74) is 1.37. The van der Waals surface area contributed by atoms with Crippen LogP contribution in [0.25, 0.3) is 0 Å². The molecule has 2 fully saturated rings. The van der Waals surface area contributed by atoms with Crippen LogP contribution in [0.5, 0.6) is 0 Å². The summed E-state index contributed by atoms with van der Waals surface area (Å²) in [5.74, 6) is -0.0218. The van der Waals surface area contributed by atoms with E-state index in [9.17, 15) is 14.4 Å². The minimum atomic E-state index is -0.330. The van der Waals surface area contributed by atoms with E-state index in [0.29, 0.717) is 24.0 Å². The van der Waals surface area contributed by atoms with Crippen LogP contribution in [0.3, 0.4) is 0 Å². The van der Waals surface area contributed by atoms with Crippen molar-refractivity contribution in [2.24, 2.45) is 5.92 Å². The van der Waals surface area contributed by atoms with E-state index >= 15 is 0 Å². The maximum absolute atomic E-state index is 12.7. The summed E-state index contributed by atoms with van der Waals surface area (Å²) in [4.78, 5) is 42.0. The molecule has 28 heavy (non-hydrogen) atoms. The lowest BCUT2D eigenvalue weighted by atomic mass is 10.1. The highest BCUT2D eigenvalue weighted by Gasteiger charge is 2.37. The Hall–Kier alpha value is -2.06. The Morgan fingerprint density at radius 3 is 3.04 bits per heavy atom. The molecule has 2 saturated heterocycles. The van der Waals surface area contributed by atoms with Crippen molar-refractivity contribution >= 4 is 40.9 Å². The molecule has 0 saturated carbocycles. The second-order valence-corrected chi connectivity index (χ2v) is 8.68. The van der Waals surface area contributed by atoms with Gasteiger partial charge in [-0.05, 0) is 44.1 Å². The third kappa shape index (κ3) is 4.03. The molecule has 0 bridgehead atoms. The standard InChI is InChI=1S/C20H26N4O3S/c1-2-23-7-3-4-15(23)11-24-10-13(8-19(24)26)20(27)21-14-5-6-17-16(9-14)22-18(25)12-28-17/h5-6,9,13,15H,2-4,7-8,10-12H2,1H3,(H,21,27)(H,22,25).